The van der Waals surface area contributed by atoms with Gasteiger partial charge in [-0.2, -0.15) is 0 Å². The molecule has 3 heteroatoms. The number of rotatable bonds is 9. The first-order valence-electron chi connectivity index (χ1n) is 12.8. The quantitative estimate of drug-likeness (QED) is 0.197. The van der Waals surface area contributed by atoms with Crippen LogP contribution in [0.25, 0.3) is 11.1 Å². The first-order chi connectivity index (χ1) is 18.9. The molecule has 0 aromatic heterocycles. The van der Waals surface area contributed by atoms with Crippen molar-refractivity contribution in [2.45, 2.75) is 13.8 Å². The van der Waals surface area contributed by atoms with E-state index in [4.69, 9.17) is 14.2 Å². The Labute approximate surface area is 230 Å². The lowest BCUT2D eigenvalue weighted by atomic mass is 9.99. The Kier molecular flexibility index (Phi) is 7.60. The van der Waals surface area contributed by atoms with Gasteiger partial charge in [-0.3, -0.25) is 0 Å². The molecule has 0 fully saturated rings. The first-order valence-corrected chi connectivity index (χ1v) is 12.8. The maximum atomic E-state index is 6.03. The summed E-state index contributed by atoms with van der Waals surface area (Å²) in [5.41, 5.74) is 6.31. The van der Waals surface area contributed by atoms with Gasteiger partial charge in [-0.05, 0) is 109 Å². The van der Waals surface area contributed by atoms with Crippen LogP contribution in [0.5, 0.6) is 34.5 Å². The van der Waals surface area contributed by atoms with E-state index in [2.05, 4.69) is 20.1 Å². The van der Waals surface area contributed by atoms with Crippen LogP contribution in [0.15, 0.2) is 134 Å². The summed E-state index contributed by atoms with van der Waals surface area (Å²) in [5.74, 6) is 4.61. The number of ether oxygens (including phenoxy) is 3. The van der Waals surface area contributed by atoms with E-state index in [9.17, 15) is 0 Å². The molecule has 3 nitrogen and oxygen atoms in total. The minimum atomic E-state index is 0.739. The van der Waals surface area contributed by atoms with Crippen molar-refractivity contribution in [2.24, 2.45) is 0 Å². The molecule has 5 aromatic rings. The largest absolute Gasteiger partial charge is 0.457 e. The first kappa shape index (κ1) is 25.6. The molecule has 192 valence electrons. The van der Waals surface area contributed by atoms with Gasteiger partial charge in [0.2, 0.25) is 0 Å². The SMILES string of the molecule is C=C(C)c1ccc(Oc2ccc(C(=C)c3ccc(Oc4ccc(Oc5ccc(C)cc5)cc4)cc3)cc2)cc1. The van der Waals surface area contributed by atoms with E-state index in [-0.39, 0.29) is 0 Å². The van der Waals surface area contributed by atoms with Crippen molar-refractivity contribution < 1.29 is 14.2 Å². The Morgan fingerprint density at radius 2 is 0.667 bits per heavy atom. The van der Waals surface area contributed by atoms with Gasteiger partial charge < -0.3 is 14.2 Å². The zero-order valence-corrected chi connectivity index (χ0v) is 22.2. The van der Waals surface area contributed by atoms with Crippen LogP contribution in [0.2, 0.25) is 0 Å². The second-order valence-corrected chi connectivity index (χ2v) is 9.42. The van der Waals surface area contributed by atoms with Gasteiger partial charge in [0.05, 0.1) is 0 Å². The van der Waals surface area contributed by atoms with Crippen LogP contribution in [-0.2, 0) is 0 Å². The van der Waals surface area contributed by atoms with Gasteiger partial charge in [0.15, 0.2) is 0 Å². The van der Waals surface area contributed by atoms with Gasteiger partial charge in [-0.15, -0.1) is 0 Å². The van der Waals surface area contributed by atoms with Gasteiger partial charge >= 0.3 is 0 Å². The highest BCUT2D eigenvalue weighted by Crippen LogP contribution is 2.30. The third kappa shape index (κ3) is 6.65. The molecule has 5 aromatic carbocycles. The van der Waals surface area contributed by atoms with Crippen LogP contribution in [0, 0.1) is 6.92 Å². The predicted molar refractivity (Wildman–Crippen MR) is 160 cm³/mol. The van der Waals surface area contributed by atoms with Crippen LogP contribution in [0.1, 0.15) is 29.2 Å². The topological polar surface area (TPSA) is 27.7 Å². The number of hydrogen-bond acceptors (Lipinski definition) is 3. The summed E-state index contributed by atoms with van der Waals surface area (Å²) in [4.78, 5) is 0. The fraction of sp³-hybridized carbons (Fsp3) is 0.0556. The summed E-state index contributed by atoms with van der Waals surface area (Å²) in [6.45, 7) is 12.3. The second kappa shape index (κ2) is 11.6. The maximum Gasteiger partial charge on any atom is 0.127 e. The highest BCUT2D eigenvalue weighted by Gasteiger charge is 2.06. The molecule has 0 aliphatic carbocycles. The molecule has 5 rings (SSSR count). The highest BCUT2D eigenvalue weighted by molar-refractivity contribution is 5.78. The van der Waals surface area contributed by atoms with Crippen molar-refractivity contribution in [2.75, 3.05) is 0 Å². The Morgan fingerprint density at radius 3 is 0.974 bits per heavy atom. The molecular formula is C36H30O3. The summed E-state index contributed by atoms with van der Waals surface area (Å²) in [5, 5.41) is 0. The van der Waals surface area contributed by atoms with Crippen LogP contribution in [0.3, 0.4) is 0 Å². The van der Waals surface area contributed by atoms with E-state index in [0.717, 1.165) is 62.3 Å². The molecule has 0 saturated heterocycles. The lowest BCUT2D eigenvalue weighted by Crippen LogP contribution is -1.90. The van der Waals surface area contributed by atoms with Crippen LogP contribution < -0.4 is 14.2 Å². The van der Waals surface area contributed by atoms with E-state index < -0.39 is 0 Å². The minimum absolute atomic E-state index is 0.739. The number of hydrogen-bond donors (Lipinski definition) is 0. The van der Waals surface area contributed by atoms with E-state index in [1.165, 1.54) is 5.56 Å². The molecule has 0 spiro atoms. The molecule has 0 atom stereocenters. The van der Waals surface area contributed by atoms with Crippen molar-refractivity contribution >= 4 is 11.1 Å². The fourth-order valence-corrected chi connectivity index (χ4v) is 4.01. The molecule has 0 saturated carbocycles. The van der Waals surface area contributed by atoms with Gasteiger partial charge in [0.25, 0.3) is 0 Å². The summed E-state index contributed by atoms with van der Waals surface area (Å²) in [7, 11) is 0. The van der Waals surface area contributed by atoms with Crippen molar-refractivity contribution in [1.82, 2.24) is 0 Å². The lowest BCUT2D eigenvalue weighted by molar-refractivity contribution is 0.469. The van der Waals surface area contributed by atoms with E-state index >= 15 is 0 Å². The molecule has 0 bridgehead atoms. The Bertz CT molecular complexity index is 1560. The van der Waals surface area contributed by atoms with E-state index in [1.807, 2.05) is 128 Å². The van der Waals surface area contributed by atoms with Gasteiger partial charge in [-0.1, -0.05) is 72.8 Å². The number of aryl methyl sites for hydroxylation is 1. The van der Waals surface area contributed by atoms with Gasteiger partial charge in [0, 0.05) is 0 Å². The minimum Gasteiger partial charge on any atom is -0.457 e. The Morgan fingerprint density at radius 1 is 0.410 bits per heavy atom. The van der Waals surface area contributed by atoms with Crippen LogP contribution in [0.4, 0.5) is 0 Å². The van der Waals surface area contributed by atoms with Crippen molar-refractivity contribution in [1.29, 1.82) is 0 Å². The zero-order chi connectivity index (χ0) is 27.2. The molecule has 0 heterocycles. The molecule has 0 aliphatic rings. The van der Waals surface area contributed by atoms with Crippen molar-refractivity contribution in [3.05, 3.63) is 157 Å². The number of allylic oxidation sites excluding steroid dienone is 1. The zero-order valence-electron chi connectivity index (χ0n) is 22.2. The molecule has 0 aliphatic heterocycles. The van der Waals surface area contributed by atoms with E-state index in [1.54, 1.807) is 0 Å². The normalized spacial score (nSPS) is 10.5. The van der Waals surface area contributed by atoms with Crippen molar-refractivity contribution in [3.63, 3.8) is 0 Å². The van der Waals surface area contributed by atoms with Crippen LogP contribution >= 0.6 is 0 Å². The Hall–Kier alpha value is -5.02. The van der Waals surface area contributed by atoms with E-state index in [0.29, 0.717) is 0 Å². The summed E-state index contributed by atoms with van der Waals surface area (Å²) < 4.78 is 17.9. The molecule has 0 radical (unpaired) electrons. The van der Waals surface area contributed by atoms with Gasteiger partial charge in [-0.25, -0.2) is 0 Å². The average Bonchev–Trinajstić information content (AvgIpc) is 2.96. The highest BCUT2D eigenvalue weighted by atomic mass is 16.5. The third-order valence-electron chi connectivity index (χ3n) is 6.30. The summed E-state index contributed by atoms with van der Waals surface area (Å²) >= 11 is 0. The summed E-state index contributed by atoms with van der Waals surface area (Å²) in [6.07, 6.45) is 0. The average molecular weight is 511 g/mol. The number of benzene rings is 5. The molecule has 39 heavy (non-hydrogen) atoms. The Balaban J connectivity index is 1.17. The standard InChI is InChI=1S/C36H30O3/c1-25(2)28-7-15-32(16-8-28)38-33-17-9-29(10-18-33)27(4)30-11-19-34(20-12-30)39-36-23-21-35(22-24-36)37-31-13-5-26(3)6-14-31/h5-24H,1,4H2,2-3H3. The van der Waals surface area contributed by atoms with Gasteiger partial charge in [0.1, 0.15) is 34.5 Å². The maximum absolute atomic E-state index is 6.03. The smallest absolute Gasteiger partial charge is 0.127 e. The lowest BCUT2D eigenvalue weighted by Gasteiger charge is -2.11. The van der Waals surface area contributed by atoms with Crippen LogP contribution in [-0.4, -0.2) is 0 Å². The molecule has 0 unspecified atom stereocenters. The summed E-state index contributed by atoms with van der Waals surface area (Å²) in [6, 6.07) is 39.4. The fourth-order valence-electron chi connectivity index (χ4n) is 4.01. The molecular weight excluding hydrogens is 480 g/mol. The molecule has 0 amide bonds. The molecule has 0 N–H and O–H groups in total. The third-order valence-corrected chi connectivity index (χ3v) is 6.30. The second-order valence-electron chi connectivity index (χ2n) is 9.42. The monoisotopic (exact) mass is 510 g/mol. The van der Waals surface area contributed by atoms with Crippen molar-refractivity contribution in [3.8, 4) is 34.5 Å². The predicted octanol–water partition coefficient (Wildman–Crippen LogP) is 10.5.